The number of halogens is 1. The van der Waals surface area contributed by atoms with Crippen LogP contribution in [0.15, 0.2) is 65.6 Å². The van der Waals surface area contributed by atoms with Crippen molar-refractivity contribution in [2.45, 2.75) is 4.90 Å². The fraction of sp³-hybridized carbons (Fsp3) is 0.100. The predicted octanol–water partition coefficient (Wildman–Crippen LogP) is 3.62. The summed E-state index contributed by atoms with van der Waals surface area (Å²) in [6, 6.07) is 18.6. The number of carbonyl (C=O) groups excluding carboxylic acids is 1. The molecule has 1 N–H and O–H groups in total. The molecule has 0 aromatic heterocycles. The number of hydrogen-bond donors (Lipinski definition) is 1. The Hall–Kier alpha value is -2.92. The monoisotopic (exact) mass is 413 g/mol. The summed E-state index contributed by atoms with van der Waals surface area (Å²) >= 11 is 5.94. The molecule has 6 nitrogen and oxygen atoms in total. The molecule has 0 aliphatic heterocycles. The molecule has 0 aliphatic rings. The number of nitriles is 1. The number of sulfonamides is 1. The number of rotatable bonds is 5. The fourth-order valence-corrected chi connectivity index (χ4v) is 4.06. The molecule has 0 fully saturated rings. The SMILES string of the molecule is CN(CC(=O)Nc1ccc(C#N)c(Cl)c1)S(=O)(=O)c1ccc2ccccc2c1. The van der Waals surface area contributed by atoms with Crippen molar-refractivity contribution in [3.05, 3.63) is 71.2 Å². The first-order valence-electron chi connectivity index (χ1n) is 8.26. The van der Waals surface area contributed by atoms with E-state index in [-0.39, 0.29) is 22.0 Å². The van der Waals surface area contributed by atoms with Crippen LogP contribution in [0.4, 0.5) is 5.69 Å². The lowest BCUT2D eigenvalue weighted by atomic mass is 10.1. The second-order valence-corrected chi connectivity index (χ2v) is 8.58. The maximum absolute atomic E-state index is 12.8. The molecular formula is C20H16ClN3O3S. The Kier molecular flexibility index (Phi) is 5.66. The number of amides is 1. The van der Waals surface area contributed by atoms with Crippen molar-refractivity contribution in [2.75, 3.05) is 18.9 Å². The van der Waals surface area contributed by atoms with Crippen LogP contribution in [0.1, 0.15) is 5.56 Å². The van der Waals surface area contributed by atoms with E-state index < -0.39 is 15.9 Å². The molecule has 0 heterocycles. The minimum absolute atomic E-state index is 0.114. The highest BCUT2D eigenvalue weighted by Gasteiger charge is 2.23. The maximum atomic E-state index is 12.8. The largest absolute Gasteiger partial charge is 0.325 e. The van der Waals surface area contributed by atoms with Crippen LogP contribution in [0.25, 0.3) is 10.8 Å². The number of carbonyl (C=O) groups is 1. The van der Waals surface area contributed by atoms with Crippen molar-refractivity contribution in [1.82, 2.24) is 4.31 Å². The molecule has 0 bridgehead atoms. The van der Waals surface area contributed by atoms with E-state index in [2.05, 4.69) is 5.32 Å². The summed E-state index contributed by atoms with van der Waals surface area (Å²) in [5.41, 5.74) is 0.668. The van der Waals surface area contributed by atoms with Crippen LogP contribution in [-0.2, 0) is 14.8 Å². The van der Waals surface area contributed by atoms with Crippen molar-refractivity contribution in [3.8, 4) is 6.07 Å². The smallest absolute Gasteiger partial charge is 0.243 e. The molecule has 0 saturated heterocycles. The lowest BCUT2D eigenvalue weighted by molar-refractivity contribution is -0.116. The molecule has 3 aromatic carbocycles. The van der Waals surface area contributed by atoms with E-state index in [1.165, 1.54) is 31.3 Å². The van der Waals surface area contributed by atoms with E-state index in [0.717, 1.165) is 15.1 Å². The Bertz CT molecular complexity index is 1200. The van der Waals surface area contributed by atoms with Gasteiger partial charge in [-0.05, 0) is 41.1 Å². The minimum Gasteiger partial charge on any atom is -0.325 e. The van der Waals surface area contributed by atoms with Crippen LogP contribution in [0.5, 0.6) is 0 Å². The highest BCUT2D eigenvalue weighted by atomic mass is 35.5. The topological polar surface area (TPSA) is 90.3 Å². The van der Waals surface area contributed by atoms with Gasteiger partial charge in [-0.25, -0.2) is 8.42 Å². The summed E-state index contributed by atoms with van der Waals surface area (Å²) in [6.07, 6.45) is 0. The minimum atomic E-state index is -3.83. The van der Waals surface area contributed by atoms with Gasteiger partial charge in [-0.15, -0.1) is 0 Å². The van der Waals surface area contributed by atoms with Gasteiger partial charge in [0.25, 0.3) is 0 Å². The summed E-state index contributed by atoms with van der Waals surface area (Å²) in [4.78, 5) is 12.4. The Morgan fingerprint density at radius 1 is 1.11 bits per heavy atom. The highest BCUT2D eigenvalue weighted by Crippen LogP contribution is 2.22. The third kappa shape index (κ3) is 4.15. The molecule has 0 aliphatic carbocycles. The van der Waals surface area contributed by atoms with Crippen molar-refractivity contribution in [3.63, 3.8) is 0 Å². The van der Waals surface area contributed by atoms with Crippen LogP contribution in [0, 0.1) is 11.3 Å². The normalized spacial score (nSPS) is 11.4. The average molecular weight is 414 g/mol. The zero-order chi connectivity index (χ0) is 20.3. The number of benzene rings is 3. The first-order chi connectivity index (χ1) is 13.3. The Morgan fingerprint density at radius 3 is 2.50 bits per heavy atom. The third-order valence-corrected chi connectivity index (χ3v) is 6.28. The van der Waals surface area contributed by atoms with Gasteiger partial charge in [0.1, 0.15) is 6.07 Å². The number of anilines is 1. The Morgan fingerprint density at radius 2 is 1.82 bits per heavy atom. The fourth-order valence-electron chi connectivity index (χ4n) is 2.68. The summed E-state index contributed by atoms with van der Waals surface area (Å²) in [5, 5.41) is 13.4. The third-order valence-electron chi connectivity index (χ3n) is 4.17. The first kappa shape index (κ1) is 19.8. The number of nitrogens with zero attached hydrogens (tertiary/aromatic N) is 2. The molecule has 0 unspecified atom stereocenters. The lowest BCUT2D eigenvalue weighted by Gasteiger charge is -2.17. The summed E-state index contributed by atoms with van der Waals surface area (Å²) in [7, 11) is -2.49. The lowest BCUT2D eigenvalue weighted by Crippen LogP contribution is -2.34. The van der Waals surface area contributed by atoms with E-state index >= 15 is 0 Å². The van der Waals surface area contributed by atoms with Gasteiger partial charge < -0.3 is 5.32 Å². The van der Waals surface area contributed by atoms with Gasteiger partial charge in [0.15, 0.2) is 0 Å². The van der Waals surface area contributed by atoms with Crippen molar-refractivity contribution in [1.29, 1.82) is 5.26 Å². The molecule has 3 aromatic rings. The average Bonchev–Trinajstić information content (AvgIpc) is 2.67. The predicted molar refractivity (Wildman–Crippen MR) is 109 cm³/mol. The second-order valence-electron chi connectivity index (χ2n) is 6.12. The van der Waals surface area contributed by atoms with E-state index in [1.54, 1.807) is 12.1 Å². The van der Waals surface area contributed by atoms with E-state index in [9.17, 15) is 13.2 Å². The quantitative estimate of drug-likeness (QED) is 0.691. The number of likely N-dealkylation sites (N-methyl/N-ethyl adjacent to an activating group) is 1. The van der Waals surface area contributed by atoms with Crippen LogP contribution in [0.2, 0.25) is 5.02 Å². The van der Waals surface area contributed by atoms with Crippen LogP contribution in [0.3, 0.4) is 0 Å². The van der Waals surface area contributed by atoms with Crippen LogP contribution >= 0.6 is 11.6 Å². The molecule has 8 heteroatoms. The first-order valence-corrected chi connectivity index (χ1v) is 10.1. The number of fused-ring (bicyclic) bond motifs is 1. The molecule has 142 valence electrons. The second kappa shape index (κ2) is 7.98. The zero-order valence-electron chi connectivity index (χ0n) is 14.9. The van der Waals surface area contributed by atoms with Crippen molar-refractivity contribution < 1.29 is 13.2 Å². The van der Waals surface area contributed by atoms with Gasteiger partial charge in [0.2, 0.25) is 15.9 Å². The molecular weight excluding hydrogens is 398 g/mol. The summed E-state index contributed by atoms with van der Waals surface area (Å²) in [5.74, 6) is -0.521. The molecule has 0 radical (unpaired) electrons. The molecule has 28 heavy (non-hydrogen) atoms. The van der Waals surface area contributed by atoms with E-state index in [0.29, 0.717) is 5.69 Å². The molecule has 0 spiro atoms. The van der Waals surface area contributed by atoms with Crippen LogP contribution in [-0.4, -0.2) is 32.2 Å². The number of nitrogens with one attached hydrogen (secondary N) is 1. The number of hydrogen-bond acceptors (Lipinski definition) is 4. The summed E-state index contributed by atoms with van der Waals surface area (Å²) in [6.45, 7) is -0.368. The van der Waals surface area contributed by atoms with E-state index in [1.807, 2.05) is 30.3 Å². The van der Waals surface area contributed by atoms with Gasteiger partial charge in [-0.3, -0.25) is 4.79 Å². The molecule has 0 saturated carbocycles. The van der Waals surface area contributed by atoms with Crippen molar-refractivity contribution >= 4 is 44.0 Å². The zero-order valence-corrected chi connectivity index (χ0v) is 16.5. The van der Waals surface area contributed by atoms with Gasteiger partial charge in [0, 0.05) is 12.7 Å². The highest BCUT2D eigenvalue weighted by molar-refractivity contribution is 7.89. The summed E-state index contributed by atoms with van der Waals surface area (Å²) < 4.78 is 26.6. The maximum Gasteiger partial charge on any atom is 0.243 e. The molecule has 0 atom stereocenters. The Labute approximate surface area is 168 Å². The van der Waals surface area contributed by atoms with Crippen LogP contribution < -0.4 is 5.32 Å². The van der Waals surface area contributed by atoms with E-state index in [4.69, 9.17) is 16.9 Å². The van der Waals surface area contributed by atoms with Crippen molar-refractivity contribution in [2.24, 2.45) is 0 Å². The van der Waals surface area contributed by atoms with Gasteiger partial charge >= 0.3 is 0 Å². The van der Waals surface area contributed by atoms with Gasteiger partial charge in [0.05, 0.1) is 22.0 Å². The molecule has 3 rings (SSSR count). The standard InChI is InChI=1S/C20H16ClN3O3S/c1-24(13-20(25)23-17-8-6-16(12-22)19(21)11-17)28(26,27)18-9-7-14-4-2-3-5-15(14)10-18/h2-11H,13H2,1H3,(H,23,25). The molecule has 1 amide bonds. The van der Waals surface area contributed by atoms with Gasteiger partial charge in [-0.2, -0.15) is 9.57 Å². The Balaban J connectivity index is 1.75. The van der Waals surface area contributed by atoms with Gasteiger partial charge in [-0.1, -0.05) is 41.9 Å².